The highest BCUT2D eigenvalue weighted by atomic mass is 35.5. The Morgan fingerprint density at radius 1 is 0.968 bits per heavy atom. The lowest BCUT2D eigenvalue weighted by atomic mass is 9.80. The average molecular weight is 447 g/mol. The van der Waals surface area contributed by atoms with Gasteiger partial charge in [0.25, 0.3) is 0 Å². The maximum Gasteiger partial charge on any atom is 0.345 e. The minimum Gasteiger partial charge on any atom is -0.426 e. The SMILES string of the molecule is CCCCCC1CCC(C(=O)Oc2ccc(C(=O)Oc3ccc(F)cc3)c(Cl)c2)CC1. The fourth-order valence-electron chi connectivity index (χ4n) is 3.96. The van der Waals surface area contributed by atoms with Crippen LogP contribution in [0.3, 0.4) is 0 Å². The van der Waals surface area contributed by atoms with Gasteiger partial charge >= 0.3 is 11.9 Å². The largest absolute Gasteiger partial charge is 0.426 e. The van der Waals surface area contributed by atoms with Crippen LogP contribution in [0.15, 0.2) is 42.5 Å². The van der Waals surface area contributed by atoms with Crippen LogP contribution in [-0.4, -0.2) is 11.9 Å². The molecule has 0 amide bonds. The van der Waals surface area contributed by atoms with E-state index in [0.29, 0.717) is 5.75 Å². The molecule has 1 aliphatic rings. The van der Waals surface area contributed by atoms with Crippen LogP contribution in [-0.2, 0) is 4.79 Å². The lowest BCUT2D eigenvalue weighted by molar-refractivity contribution is -0.140. The summed E-state index contributed by atoms with van der Waals surface area (Å²) in [4.78, 5) is 24.9. The van der Waals surface area contributed by atoms with E-state index in [1.54, 1.807) is 0 Å². The molecule has 4 nitrogen and oxygen atoms in total. The molecule has 1 fully saturated rings. The minimum absolute atomic E-state index is 0.0932. The monoisotopic (exact) mass is 446 g/mol. The van der Waals surface area contributed by atoms with Gasteiger partial charge in [0.2, 0.25) is 0 Å². The third kappa shape index (κ3) is 6.79. The van der Waals surface area contributed by atoms with Crippen molar-refractivity contribution in [2.75, 3.05) is 0 Å². The Labute approximate surface area is 187 Å². The van der Waals surface area contributed by atoms with Crippen LogP contribution in [0.1, 0.15) is 68.6 Å². The fraction of sp³-hybridized carbons (Fsp3) is 0.440. The van der Waals surface area contributed by atoms with Crippen molar-refractivity contribution in [1.82, 2.24) is 0 Å². The Balaban J connectivity index is 1.52. The van der Waals surface area contributed by atoms with Crippen LogP contribution in [0.2, 0.25) is 5.02 Å². The highest BCUT2D eigenvalue weighted by Gasteiger charge is 2.27. The number of halogens is 2. The van der Waals surface area contributed by atoms with Gasteiger partial charge in [0.05, 0.1) is 16.5 Å². The van der Waals surface area contributed by atoms with Gasteiger partial charge in [-0.3, -0.25) is 4.79 Å². The molecular formula is C25H28ClFO4. The molecule has 1 aliphatic carbocycles. The highest BCUT2D eigenvalue weighted by molar-refractivity contribution is 6.33. The van der Waals surface area contributed by atoms with Crippen LogP contribution in [0.5, 0.6) is 11.5 Å². The first kappa shape index (κ1) is 23.3. The molecule has 31 heavy (non-hydrogen) atoms. The second kappa shape index (κ2) is 11.3. The van der Waals surface area contributed by atoms with Crippen molar-refractivity contribution in [1.29, 1.82) is 0 Å². The van der Waals surface area contributed by atoms with Crippen molar-refractivity contribution in [3.05, 3.63) is 58.9 Å². The molecule has 0 N–H and O–H groups in total. The smallest absolute Gasteiger partial charge is 0.345 e. The molecule has 3 rings (SSSR count). The third-order valence-corrected chi connectivity index (χ3v) is 6.11. The quantitative estimate of drug-likeness (QED) is 0.249. The maximum absolute atomic E-state index is 13.0. The maximum atomic E-state index is 13.0. The van der Waals surface area contributed by atoms with Crippen LogP contribution < -0.4 is 9.47 Å². The summed E-state index contributed by atoms with van der Waals surface area (Å²) in [6.07, 6.45) is 8.86. The Kier molecular flexibility index (Phi) is 8.47. The summed E-state index contributed by atoms with van der Waals surface area (Å²) in [5, 5.41) is 0.122. The van der Waals surface area contributed by atoms with E-state index in [1.165, 1.54) is 68.1 Å². The Morgan fingerprint density at radius 2 is 1.65 bits per heavy atom. The molecule has 2 aromatic rings. The summed E-state index contributed by atoms with van der Waals surface area (Å²) < 4.78 is 23.7. The summed E-state index contributed by atoms with van der Waals surface area (Å²) in [5.41, 5.74) is 0.137. The minimum atomic E-state index is -0.670. The standard InChI is InChI=1S/C25H28ClFO4/c1-2-3-4-5-17-6-8-18(9-7-17)24(28)31-21-14-15-22(23(26)16-21)25(29)30-20-12-10-19(27)11-13-20/h10-18H,2-9H2,1H3. The lowest BCUT2D eigenvalue weighted by Crippen LogP contribution is -2.25. The summed E-state index contributed by atoms with van der Waals surface area (Å²) in [6.45, 7) is 2.21. The van der Waals surface area contributed by atoms with Gasteiger partial charge in [0, 0.05) is 6.07 Å². The van der Waals surface area contributed by atoms with Crippen LogP contribution in [0, 0.1) is 17.7 Å². The first-order valence-corrected chi connectivity index (χ1v) is 11.3. The number of hydrogen-bond donors (Lipinski definition) is 0. The summed E-state index contributed by atoms with van der Waals surface area (Å²) in [6, 6.07) is 9.54. The number of carbonyl (C=O) groups is 2. The molecule has 0 radical (unpaired) electrons. The molecule has 0 heterocycles. The molecule has 166 valence electrons. The predicted molar refractivity (Wildman–Crippen MR) is 118 cm³/mol. The molecule has 0 aromatic heterocycles. The van der Waals surface area contributed by atoms with Gasteiger partial charge < -0.3 is 9.47 Å². The predicted octanol–water partition coefficient (Wildman–Crippen LogP) is 6.99. The number of benzene rings is 2. The molecule has 0 spiro atoms. The Hall–Kier alpha value is -2.40. The van der Waals surface area contributed by atoms with Crippen molar-refractivity contribution < 1.29 is 23.5 Å². The molecular weight excluding hydrogens is 419 g/mol. The van der Waals surface area contributed by atoms with Crippen molar-refractivity contribution >= 4 is 23.5 Å². The van der Waals surface area contributed by atoms with Gasteiger partial charge in [-0.15, -0.1) is 0 Å². The normalized spacial score (nSPS) is 18.4. The zero-order valence-corrected chi connectivity index (χ0v) is 18.5. The molecule has 0 atom stereocenters. The molecule has 1 saturated carbocycles. The number of carbonyl (C=O) groups excluding carboxylic acids is 2. The lowest BCUT2D eigenvalue weighted by Gasteiger charge is -2.27. The molecule has 0 saturated heterocycles. The number of ether oxygens (including phenoxy) is 2. The van der Waals surface area contributed by atoms with E-state index in [0.717, 1.165) is 31.6 Å². The summed E-state index contributed by atoms with van der Waals surface area (Å²) in [7, 11) is 0. The van der Waals surface area contributed by atoms with Gasteiger partial charge in [-0.1, -0.05) is 44.2 Å². The molecule has 0 unspecified atom stereocenters. The van der Waals surface area contributed by atoms with E-state index in [4.69, 9.17) is 21.1 Å². The van der Waals surface area contributed by atoms with E-state index < -0.39 is 11.8 Å². The Morgan fingerprint density at radius 3 is 2.29 bits per heavy atom. The van der Waals surface area contributed by atoms with E-state index >= 15 is 0 Å². The summed E-state index contributed by atoms with van der Waals surface area (Å²) in [5.74, 6) is -0.197. The first-order valence-electron chi connectivity index (χ1n) is 10.9. The van der Waals surface area contributed by atoms with E-state index in [2.05, 4.69) is 6.92 Å². The van der Waals surface area contributed by atoms with Gasteiger partial charge in [0.15, 0.2) is 0 Å². The van der Waals surface area contributed by atoms with Gasteiger partial charge in [-0.05, 0) is 68.0 Å². The van der Waals surface area contributed by atoms with Crippen LogP contribution in [0.4, 0.5) is 4.39 Å². The summed E-state index contributed by atoms with van der Waals surface area (Å²) >= 11 is 6.21. The van der Waals surface area contributed by atoms with Gasteiger partial charge in [-0.2, -0.15) is 0 Å². The van der Waals surface area contributed by atoms with E-state index in [1.807, 2.05) is 0 Å². The number of rotatable bonds is 8. The van der Waals surface area contributed by atoms with Crippen LogP contribution in [0.25, 0.3) is 0 Å². The molecule has 6 heteroatoms. The number of unbranched alkanes of at least 4 members (excludes halogenated alkanes) is 2. The van der Waals surface area contributed by atoms with Crippen molar-refractivity contribution in [2.24, 2.45) is 11.8 Å². The third-order valence-electron chi connectivity index (χ3n) is 5.80. The molecule has 0 bridgehead atoms. The van der Waals surface area contributed by atoms with E-state index in [9.17, 15) is 14.0 Å². The van der Waals surface area contributed by atoms with Gasteiger partial charge in [-0.25, -0.2) is 9.18 Å². The first-order chi connectivity index (χ1) is 15.0. The van der Waals surface area contributed by atoms with Crippen molar-refractivity contribution in [2.45, 2.75) is 58.3 Å². The van der Waals surface area contributed by atoms with Crippen molar-refractivity contribution in [3.63, 3.8) is 0 Å². The Bertz CT molecular complexity index is 889. The van der Waals surface area contributed by atoms with Gasteiger partial charge in [0.1, 0.15) is 17.3 Å². The fourth-order valence-corrected chi connectivity index (χ4v) is 4.21. The van der Waals surface area contributed by atoms with Crippen molar-refractivity contribution in [3.8, 4) is 11.5 Å². The highest BCUT2D eigenvalue weighted by Crippen LogP contribution is 2.33. The van der Waals surface area contributed by atoms with Crippen LogP contribution >= 0.6 is 11.6 Å². The zero-order valence-electron chi connectivity index (χ0n) is 17.7. The molecule has 2 aromatic carbocycles. The zero-order chi connectivity index (χ0) is 22.2. The van der Waals surface area contributed by atoms with E-state index in [-0.39, 0.29) is 28.2 Å². The topological polar surface area (TPSA) is 52.6 Å². The average Bonchev–Trinajstić information content (AvgIpc) is 2.76. The molecule has 0 aliphatic heterocycles. The number of hydrogen-bond acceptors (Lipinski definition) is 4. The second-order valence-electron chi connectivity index (χ2n) is 8.12. The number of esters is 2. The second-order valence-corrected chi connectivity index (χ2v) is 8.53.